The molecule has 2 nitrogen and oxygen atoms in total. The third kappa shape index (κ3) is 4.26. The summed E-state index contributed by atoms with van der Waals surface area (Å²) in [7, 11) is 0. The molecule has 2 rings (SSSR count). The van der Waals surface area contributed by atoms with Crippen molar-refractivity contribution in [1.29, 1.82) is 0 Å². The molecule has 0 bridgehead atoms. The second-order valence-electron chi connectivity index (χ2n) is 6.75. The Balaban J connectivity index is 1.73. The molecule has 100 valence electrons. The van der Waals surface area contributed by atoms with Crippen LogP contribution in [0.1, 0.15) is 58.8 Å². The summed E-state index contributed by atoms with van der Waals surface area (Å²) < 4.78 is 0. The Morgan fingerprint density at radius 2 is 1.88 bits per heavy atom. The number of nitrogens with one attached hydrogen (secondary N) is 2. The lowest BCUT2D eigenvalue weighted by Crippen LogP contribution is -2.44. The molecule has 2 aliphatic rings. The van der Waals surface area contributed by atoms with E-state index in [4.69, 9.17) is 0 Å². The first-order chi connectivity index (χ1) is 8.18. The van der Waals surface area contributed by atoms with E-state index in [9.17, 15) is 0 Å². The summed E-state index contributed by atoms with van der Waals surface area (Å²) in [5.74, 6) is 0.955. The fraction of sp³-hybridized carbons (Fsp3) is 1.00. The van der Waals surface area contributed by atoms with Crippen LogP contribution in [0, 0.1) is 11.3 Å². The van der Waals surface area contributed by atoms with Gasteiger partial charge in [-0.15, -0.1) is 0 Å². The summed E-state index contributed by atoms with van der Waals surface area (Å²) in [6.07, 6.45) is 9.77. The van der Waals surface area contributed by atoms with Crippen LogP contribution in [-0.4, -0.2) is 25.7 Å². The fourth-order valence-corrected chi connectivity index (χ4v) is 3.29. The first kappa shape index (κ1) is 13.4. The van der Waals surface area contributed by atoms with Crippen LogP contribution in [0.25, 0.3) is 0 Å². The lowest BCUT2D eigenvalue weighted by atomic mass is 9.80. The van der Waals surface area contributed by atoms with Gasteiger partial charge in [0.05, 0.1) is 0 Å². The first-order valence-corrected chi connectivity index (χ1v) is 7.62. The molecule has 1 heterocycles. The van der Waals surface area contributed by atoms with Crippen molar-refractivity contribution in [1.82, 2.24) is 10.6 Å². The van der Waals surface area contributed by atoms with Crippen molar-refractivity contribution < 1.29 is 0 Å². The van der Waals surface area contributed by atoms with E-state index in [-0.39, 0.29) is 0 Å². The SMILES string of the molecule is CC1CCCC(NCC2(C)CCNCC2)CC1. The van der Waals surface area contributed by atoms with Gasteiger partial charge in [0.15, 0.2) is 0 Å². The molecule has 1 saturated carbocycles. The summed E-state index contributed by atoms with van der Waals surface area (Å²) in [4.78, 5) is 0. The molecule has 0 aromatic carbocycles. The molecule has 0 aromatic heterocycles. The van der Waals surface area contributed by atoms with Crippen LogP contribution in [0.5, 0.6) is 0 Å². The highest BCUT2D eigenvalue weighted by atomic mass is 14.9. The standard InChI is InChI=1S/C15H30N2/c1-13-4-3-5-14(7-6-13)17-12-15(2)8-10-16-11-9-15/h13-14,16-17H,3-12H2,1-2H3. The maximum Gasteiger partial charge on any atom is 0.00673 e. The highest BCUT2D eigenvalue weighted by Crippen LogP contribution is 2.28. The van der Waals surface area contributed by atoms with Crippen molar-refractivity contribution in [2.45, 2.75) is 64.8 Å². The van der Waals surface area contributed by atoms with Gasteiger partial charge in [-0.2, -0.15) is 0 Å². The maximum atomic E-state index is 3.86. The minimum Gasteiger partial charge on any atom is -0.317 e. The van der Waals surface area contributed by atoms with Gasteiger partial charge in [-0.05, 0) is 56.5 Å². The van der Waals surface area contributed by atoms with Gasteiger partial charge in [0, 0.05) is 12.6 Å². The molecule has 2 heteroatoms. The molecule has 1 aliphatic heterocycles. The van der Waals surface area contributed by atoms with Gasteiger partial charge in [0.1, 0.15) is 0 Å². The van der Waals surface area contributed by atoms with Crippen molar-refractivity contribution in [2.75, 3.05) is 19.6 Å². The molecule has 0 radical (unpaired) electrons. The van der Waals surface area contributed by atoms with Crippen LogP contribution in [0.4, 0.5) is 0 Å². The van der Waals surface area contributed by atoms with Gasteiger partial charge in [-0.25, -0.2) is 0 Å². The van der Waals surface area contributed by atoms with Gasteiger partial charge in [0.2, 0.25) is 0 Å². The normalized spacial score (nSPS) is 34.2. The molecule has 2 fully saturated rings. The molecule has 1 aliphatic carbocycles. The van der Waals surface area contributed by atoms with Gasteiger partial charge >= 0.3 is 0 Å². The molecule has 2 atom stereocenters. The van der Waals surface area contributed by atoms with Gasteiger partial charge in [-0.1, -0.05) is 26.7 Å². The van der Waals surface area contributed by atoms with Gasteiger partial charge < -0.3 is 10.6 Å². The van der Waals surface area contributed by atoms with Crippen LogP contribution < -0.4 is 10.6 Å². The van der Waals surface area contributed by atoms with Crippen molar-refractivity contribution >= 4 is 0 Å². The summed E-state index contributed by atoms with van der Waals surface area (Å²) in [5, 5.41) is 7.33. The van der Waals surface area contributed by atoms with Crippen molar-refractivity contribution in [3.05, 3.63) is 0 Å². The van der Waals surface area contributed by atoms with E-state index < -0.39 is 0 Å². The van der Waals surface area contributed by atoms with E-state index >= 15 is 0 Å². The van der Waals surface area contributed by atoms with Gasteiger partial charge in [0.25, 0.3) is 0 Å². The van der Waals surface area contributed by atoms with Gasteiger partial charge in [-0.3, -0.25) is 0 Å². The Bertz CT molecular complexity index is 221. The summed E-state index contributed by atoms with van der Waals surface area (Å²) in [5.41, 5.74) is 0.545. The highest BCUT2D eigenvalue weighted by Gasteiger charge is 2.27. The number of hydrogen-bond acceptors (Lipinski definition) is 2. The summed E-state index contributed by atoms with van der Waals surface area (Å²) >= 11 is 0. The smallest absolute Gasteiger partial charge is 0.00673 e. The van der Waals surface area contributed by atoms with Crippen LogP contribution in [0.15, 0.2) is 0 Å². The van der Waals surface area contributed by atoms with E-state index in [0.717, 1.165) is 12.0 Å². The lowest BCUT2D eigenvalue weighted by molar-refractivity contribution is 0.208. The minimum atomic E-state index is 0.545. The van der Waals surface area contributed by atoms with E-state index in [1.54, 1.807) is 0 Å². The molecular weight excluding hydrogens is 208 g/mol. The number of hydrogen-bond donors (Lipinski definition) is 2. The Hall–Kier alpha value is -0.0800. The number of piperidine rings is 1. The zero-order chi connectivity index (χ0) is 12.1. The van der Waals surface area contributed by atoms with Crippen molar-refractivity contribution in [3.8, 4) is 0 Å². The highest BCUT2D eigenvalue weighted by molar-refractivity contribution is 4.84. The zero-order valence-electron chi connectivity index (χ0n) is 11.7. The second-order valence-corrected chi connectivity index (χ2v) is 6.75. The molecule has 17 heavy (non-hydrogen) atoms. The maximum absolute atomic E-state index is 3.86. The lowest BCUT2D eigenvalue weighted by Gasteiger charge is -2.35. The topological polar surface area (TPSA) is 24.1 Å². The number of rotatable bonds is 3. The quantitative estimate of drug-likeness (QED) is 0.739. The molecular formula is C15H30N2. The molecule has 0 amide bonds. The van der Waals surface area contributed by atoms with E-state index in [1.807, 2.05) is 0 Å². The molecule has 1 saturated heterocycles. The Morgan fingerprint density at radius 1 is 1.12 bits per heavy atom. The van der Waals surface area contributed by atoms with E-state index in [2.05, 4.69) is 24.5 Å². The Labute approximate surface area is 107 Å². The van der Waals surface area contributed by atoms with Crippen molar-refractivity contribution in [2.24, 2.45) is 11.3 Å². The third-order valence-electron chi connectivity index (χ3n) is 4.89. The summed E-state index contributed by atoms with van der Waals surface area (Å²) in [6, 6.07) is 0.798. The third-order valence-corrected chi connectivity index (χ3v) is 4.89. The fourth-order valence-electron chi connectivity index (χ4n) is 3.29. The van der Waals surface area contributed by atoms with Crippen LogP contribution in [-0.2, 0) is 0 Å². The Morgan fingerprint density at radius 3 is 2.65 bits per heavy atom. The minimum absolute atomic E-state index is 0.545. The van der Waals surface area contributed by atoms with Crippen molar-refractivity contribution in [3.63, 3.8) is 0 Å². The van der Waals surface area contributed by atoms with Crippen LogP contribution >= 0.6 is 0 Å². The molecule has 0 aromatic rings. The molecule has 2 unspecified atom stereocenters. The average Bonchev–Trinajstić information content (AvgIpc) is 2.53. The largest absolute Gasteiger partial charge is 0.317 e. The van der Waals surface area contributed by atoms with E-state index in [0.29, 0.717) is 5.41 Å². The average molecular weight is 238 g/mol. The second kappa shape index (κ2) is 6.19. The van der Waals surface area contributed by atoms with E-state index in [1.165, 1.54) is 64.6 Å². The molecule has 0 spiro atoms. The van der Waals surface area contributed by atoms with Crippen LogP contribution in [0.2, 0.25) is 0 Å². The predicted octanol–water partition coefficient (Wildman–Crippen LogP) is 2.93. The van der Waals surface area contributed by atoms with Crippen LogP contribution in [0.3, 0.4) is 0 Å². The monoisotopic (exact) mass is 238 g/mol. The Kier molecular flexibility index (Phi) is 4.87. The molecule has 2 N–H and O–H groups in total. The summed E-state index contributed by atoms with van der Waals surface area (Å²) in [6.45, 7) is 8.52. The predicted molar refractivity (Wildman–Crippen MR) is 74.3 cm³/mol. The zero-order valence-corrected chi connectivity index (χ0v) is 11.7. The first-order valence-electron chi connectivity index (χ1n) is 7.62.